The zero-order chi connectivity index (χ0) is 15.0. The normalized spacial score (nSPS) is 11.4. The Hall–Kier alpha value is -0.910. The first kappa shape index (κ1) is 17.1. The standard InChI is InChI=1S/C13H19NO4S2/c1-11(2)18-7-9-20(16,17)14-10-13-12(4-3-6-15)5-8-19-13/h5,8,11,14-15H,6-7,9-10H2,1-2H3. The predicted octanol–water partition coefficient (Wildman–Crippen LogP) is 0.936. The quantitative estimate of drug-likeness (QED) is 0.734. The molecule has 0 aliphatic carbocycles. The molecule has 7 heteroatoms. The van der Waals surface area contributed by atoms with Gasteiger partial charge in [0.05, 0.1) is 18.5 Å². The first-order valence-electron chi connectivity index (χ1n) is 6.19. The molecule has 0 aliphatic heterocycles. The number of sulfonamides is 1. The lowest BCUT2D eigenvalue weighted by Crippen LogP contribution is -2.28. The van der Waals surface area contributed by atoms with Crippen LogP contribution in [0.15, 0.2) is 11.4 Å². The number of rotatable bonds is 7. The summed E-state index contributed by atoms with van der Waals surface area (Å²) >= 11 is 1.43. The van der Waals surface area contributed by atoms with Crippen molar-refractivity contribution >= 4 is 21.4 Å². The predicted molar refractivity (Wildman–Crippen MR) is 80.0 cm³/mol. The van der Waals surface area contributed by atoms with Gasteiger partial charge in [0.25, 0.3) is 0 Å². The molecule has 0 aromatic carbocycles. The van der Waals surface area contributed by atoms with E-state index >= 15 is 0 Å². The molecule has 1 aromatic heterocycles. The highest BCUT2D eigenvalue weighted by Gasteiger charge is 2.12. The SMILES string of the molecule is CC(C)OCCS(=O)(=O)NCc1sccc1C#CCO. The van der Waals surface area contributed by atoms with Crippen LogP contribution in [0.25, 0.3) is 0 Å². The van der Waals surface area contributed by atoms with Crippen molar-refractivity contribution in [2.75, 3.05) is 19.0 Å². The molecule has 0 bridgehead atoms. The smallest absolute Gasteiger partial charge is 0.214 e. The fraction of sp³-hybridized carbons (Fsp3) is 0.538. The molecular formula is C13H19NO4S2. The number of thiophene rings is 1. The molecule has 0 saturated heterocycles. The summed E-state index contributed by atoms with van der Waals surface area (Å²) in [5, 5.41) is 10.5. The van der Waals surface area contributed by atoms with E-state index in [1.165, 1.54) is 11.3 Å². The minimum Gasteiger partial charge on any atom is -0.384 e. The van der Waals surface area contributed by atoms with Gasteiger partial charge in [-0.2, -0.15) is 0 Å². The maximum atomic E-state index is 11.8. The van der Waals surface area contributed by atoms with Crippen LogP contribution in [0.3, 0.4) is 0 Å². The fourth-order valence-corrected chi connectivity index (χ4v) is 3.05. The van der Waals surface area contributed by atoms with Crippen LogP contribution in [-0.2, 0) is 21.3 Å². The van der Waals surface area contributed by atoms with E-state index in [4.69, 9.17) is 9.84 Å². The highest BCUT2D eigenvalue weighted by Crippen LogP contribution is 2.15. The van der Waals surface area contributed by atoms with Gasteiger partial charge >= 0.3 is 0 Å². The van der Waals surface area contributed by atoms with Crippen molar-refractivity contribution in [1.29, 1.82) is 0 Å². The van der Waals surface area contributed by atoms with Crippen molar-refractivity contribution in [1.82, 2.24) is 4.72 Å². The third kappa shape index (κ3) is 6.50. The molecule has 0 fully saturated rings. The van der Waals surface area contributed by atoms with Crippen molar-refractivity contribution in [3.63, 3.8) is 0 Å². The molecule has 1 heterocycles. The topological polar surface area (TPSA) is 75.6 Å². The van der Waals surface area contributed by atoms with Crippen molar-refractivity contribution < 1.29 is 18.3 Å². The zero-order valence-corrected chi connectivity index (χ0v) is 13.2. The van der Waals surface area contributed by atoms with Crippen LogP contribution < -0.4 is 4.72 Å². The maximum absolute atomic E-state index is 11.8. The average molecular weight is 317 g/mol. The van der Waals surface area contributed by atoms with Crippen LogP contribution in [0.5, 0.6) is 0 Å². The molecule has 112 valence electrons. The van der Waals surface area contributed by atoms with Gasteiger partial charge in [-0.25, -0.2) is 13.1 Å². The molecule has 0 spiro atoms. The van der Waals surface area contributed by atoms with Gasteiger partial charge in [0.2, 0.25) is 10.0 Å². The van der Waals surface area contributed by atoms with Gasteiger partial charge in [0, 0.05) is 17.0 Å². The van der Waals surface area contributed by atoms with Crippen molar-refractivity contribution in [2.24, 2.45) is 0 Å². The number of aliphatic hydroxyl groups is 1. The summed E-state index contributed by atoms with van der Waals surface area (Å²) < 4.78 is 31.3. The van der Waals surface area contributed by atoms with Gasteiger partial charge in [-0.15, -0.1) is 11.3 Å². The largest absolute Gasteiger partial charge is 0.384 e. The molecular weight excluding hydrogens is 298 g/mol. The second-order valence-electron chi connectivity index (χ2n) is 4.28. The molecule has 0 atom stereocenters. The monoisotopic (exact) mass is 317 g/mol. The lowest BCUT2D eigenvalue weighted by molar-refractivity contribution is 0.0911. The highest BCUT2D eigenvalue weighted by atomic mass is 32.2. The molecule has 1 aromatic rings. The van der Waals surface area contributed by atoms with Gasteiger partial charge in [-0.3, -0.25) is 0 Å². The van der Waals surface area contributed by atoms with E-state index in [1.54, 1.807) is 6.07 Å². The molecule has 20 heavy (non-hydrogen) atoms. The summed E-state index contributed by atoms with van der Waals surface area (Å²) in [5.41, 5.74) is 0.741. The second kappa shape index (κ2) is 8.39. The Balaban J connectivity index is 2.52. The third-order valence-corrected chi connectivity index (χ3v) is 4.51. The molecule has 0 saturated carbocycles. The summed E-state index contributed by atoms with van der Waals surface area (Å²) in [7, 11) is -3.36. The van der Waals surface area contributed by atoms with E-state index in [0.717, 1.165) is 10.4 Å². The van der Waals surface area contributed by atoms with Crippen LogP contribution in [-0.4, -0.2) is 38.6 Å². The molecule has 0 aliphatic rings. The van der Waals surface area contributed by atoms with E-state index in [1.807, 2.05) is 19.2 Å². The van der Waals surface area contributed by atoms with Crippen LogP contribution in [0.2, 0.25) is 0 Å². The summed E-state index contributed by atoms with van der Waals surface area (Å²) in [6, 6.07) is 1.80. The second-order valence-corrected chi connectivity index (χ2v) is 7.20. The molecule has 5 nitrogen and oxygen atoms in total. The number of nitrogens with one attached hydrogen (secondary N) is 1. The Bertz CT molecular complexity index is 567. The molecule has 1 rings (SSSR count). The maximum Gasteiger partial charge on any atom is 0.214 e. The minimum absolute atomic E-state index is 0.0165. The van der Waals surface area contributed by atoms with E-state index in [2.05, 4.69) is 16.6 Å². The molecule has 2 N–H and O–H groups in total. The summed E-state index contributed by atoms with van der Waals surface area (Å²) in [6.07, 6.45) is 0.0165. The van der Waals surface area contributed by atoms with Gasteiger partial charge in [-0.05, 0) is 25.3 Å². The first-order valence-corrected chi connectivity index (χ1v) is 8.73. The summed E-state index contributed by atoms with van der Waals surface area (Å²) in [4.78, 5) is 0.833. The Morgan fingerprint density at radius 1 is 1.50 bits per heavy atom. The Kier molecular flexibility index (Phi) is 7.19. The average Bonchev–Trinajstić information content (AvgIpc) is 2.80. The van der Waals surface area contributed by atoms with Gasteiger partial charge in [-0.1, -0.05) is 11.8 Å². The molecule has 0 unspecified atom stereocenters. The molecule has 0 radical (unpaired) electrons. The van der Waals surface area contributed by atoms with Gasteiger partial charge in [0.15, 0.2) is 0 Å². The van der Waals surface area contributed by atoms with Crippen LogP contribution in [0, 0.1) is 11.8 Å². The first-order chi connectivity index (χ1) is 9.44. The van der Waals surface area contributed by atoms with E-state index < -0.39 is 10.0 Å². The number of hydrogen-bond donors (Lipinski definition) is 2. The number of ether oxygens (including phenoxy) is 1. The molecule has 0 amide bonds. The summed E-state index contributed by atoms with van der Waals surface area (Å²) in [6.45, 7) is 3.88. The number of aliphatic hydroxyl groups excluding tert-OH is 1. The van der Waals surface area contributed by atoms with Crippen LogP contribution >= 0.6 is 11.3 Å². The minimum atomic E-state index is -3.36. The Morgan fingerprint density at radius 3 is 2.90 bits per heavy atom. The lowest BCUT2D eigenvalue weighted by Gasteiger charge is -2.09. The van der Waals surface area contributed by atoms with E-state index in [0.29, 0.717) is 0 Å². The third-order valence-electron chi connectivity index (χ3n) is 2.30. The van der Waals surface area contributed by atoms with Crippen LogP contribution in [0.4, 0.5) is 0 Å². The van der Waals surface area contributed by atoms with Crippen molar-refractivity contribution in [3.05, 3.63) is 21.9 Å². The Morgan fingerprint density at radius 2 is 2.25 bits per heavy atom. The van der Waals surface area contributed by atoms with Crippen LogP contribution in [0.1, 0.15) is 24.3 Å². The van der Waals surface area contributed by atoms with E-state index in [-0.39, 0.29) is 31.6 Å². The van der Waals surface area contributed by atoms with Crippen molar-refractivity contribution in [3.8, 4) is 11.8 Å². The Labute approximate surface area is 124 Å². The van der Waals surface area contributed by atoms with Crippen molar-refractivity contribution in [2.45, 2.75) is 26.5 Å². The fourth-order valence-electron chi connectivity index (χ4n) is 1.36. The van der Waals surface area contributed by atoms with E-state index in [9.17, 15) is 8.42 Å². The lowest BCUT2D eigenvalue weighted by atomic mass is 10.2. The van der Waals surface area contributed by atoms with Gasteiger partial charge in [0.1, 0.15) is 6.61 Å². The zero-order valence-electron chi connectivity index (χ0n) is 11.5. The van der Waals surface area contributed by atoms with Gasteiger partial charge < -0.3 is 9.84 Å². The highest BCUT2D eigenvalue weighted by molar-refractivity contribution is 7.89. The summed E-state index contributed by atoms with van der Waals surface area (Å²) in [5.74, 6) is 5.28. The number of hydrogen-bond acceptors (Lipinski definition) is 5.